The van der Waals surface area contributed by atoms with E-state index in [1.165, 1.54) is 7.11 Å². The maximum Gasteiger partial charge on any atom is 0.144 e. The molecule has 2 N–H and O–H groups in total. The van der Waals surface area contributed by atoms with Crippen LogP contribution in [0.1, 0.15) is 6.92 Å². The molecular weight excluding hydrogens is 210 g/mol. The summed E-state index contributed by atoms with van der Waals surface area (Å²) in [5, 5.41) is 19.5. The molecule has 0 aromatic heterocycles. The third-order valence-corrected chi connectivity index (χ3v) is 3.27. The molecule has 96 valence electrons. The predicted molar refractivity (Wildman–Crippen MR) is 60.0 cm³/mol. The monoisotopic (exact) mass is 234 g/mol. The molecule has 5 heteroatoms. The Hall–Kier alpha value is -0.200. The molecule has 0 radical (unpaired) electrons. The summed E-state index contributed by atoms with van der Waals surface area (Å²) >= 11 is 0. The largest absolute Gasteiger partial charge is 0.394 e. The number of hydrogen-bond acceptors (Lipinski definition) is 4. The van der Waals surface area contributed by atoms with E-state index in [1.54, 1.807) is 0 Å². The minimum absolute atomic E-state index is 0.0623. The van der Waals surface area contributed by atoms with E-state index < -0.39 is 18.3 Å². The van der Waals surface area contributed by atoms with E-state index >= 15 is 0 Å². The van der Waals surface area contributed by atoms with Gasteiger partial charge in [0.15, 0.2) is 0 Å². The molecule has 1 saturated heterocycles. The fourth-order valence-electron chi connectivity index (χ4n) is 2.65. The smallest absolute Gasteiger partial charge is 0.144 e. The van der Waals surface area contributed by atoms with Gasteiger partial charge in [-0.15, -0.1) is 0 Å². The van der Waals surface area contributed by atoms with Crippen LogP contribution < -0.4 is 0 Å². The highest BCUT2D eigenvalue weighted by molar-refractivity contribution is 4.92. The van der Waals surface area contributed by atoms with Crippen LogP contribution in [0.5, 0.6) is 0 Å². The summed E-state index contributed by atoms with van der Waals surface area (Å²) in [7, 11) is 7.57. The first kappa shape index (κ1) is 13.9. The Morgan fingerprint density at radius 1 is 1.31 bits per heavy atom. The van der Waals surface area contributed by atoms with Crippen molar-refractivity contribution in [3.63, 3.8) is 0 Å². The van der Waals surface area contributed by atoms with E-state index in [-0.39, 0.29) is 18.8 Å². The van der Waals surface area contributed by atoms with Gasteiger partial charge in [-0.2, -0.15) is 0 Å². The molecule has 0 bridgehead atoms. The highest BCUT2D eigenvalue weighted by atomic mass is 16.6. The zero-order valence-electron chi connectivity index (χ0n) is 10.8. The maximum absolute atomic E-state index is 10.3. The summed E-state index contributed by atoms with van der Waals surface area (Å²) in [5.41, 5.74) is 0. The zero-order valence-corrected chi connectivity index (χ0v) is 10.8. The molecule has 0 spiro atoms. The molecular formula is C11H24NO4+. The van der Waals surface area contributed by atoms with E-state index in [2.05, 4.69) is 0 Å². The molecule has 0 aromatic rings. The summed E-state index contributed by atoms with van der Waals surface area (Å²) in [5.74, 6) is 0. The van der Waals surface area contributed by atoms with Crippen molar-refractivity contribution in [3.8, 4) is 0 Å². The Morgan fingerprint density at radius 3 is 2.25 bits per heavy atom. The molecule has 5 nitrogen and oxygen atoms in total. The number of likely N-dealkylation sites (N-methyl/N-ethyl adjacent to an activating group) is 1. The van der Waals surface area contributed by atoms with Gasteiger partial charge in [-0.05, 0) is 6.92 Å². The van der Waals surface area contributed by atoms with Crippen molar-refractivity contribution in [3.05, 3.63) is 0 Å². The van der Waals surface area contributed by atoms with Crippen molar-refractivity contribution >= 4 is 0 Å². The average molecular weight is 234 g/mol. The number of quaternary nitrogens is 1. The van der Waals surface area contributed by atoms with Crippen LogP contribution in [-0.4, -0.2) is 80.0 Å². The van der Waals surface area contributed by atoms with Crippen molar-refractivity contribution in [2.75, 3.05) is 34.9 Å². The normalized spacial score (nSPS) is 41.1. The van der Waals surface area contributed by atoms with Gasteiger partial charge >= 0.3 is 0 Å². The molecule has 5 unspecified atom stereocenters. The average Bonchev–Trinajstić information content (AvgIpc) is 2.14. The van der Waals surface area contributed by atoms with E-state index in [1.807, 2.05) is 28.1 Å². The number of rotatable bonds is 3. The second-order valence-corrected chi connectivity index (χ2v) is 5.36. The van der Waals surface area contributed by atoms with Gasteiger partial charge in [-0.3, -0.25) is 0 Å². The number of methoxy groups -OCH3 is 1. The van der Waals surface area contributed by atoms with Gasteiger partial charge in [0.05, 0.1) is 27.7 Å². The van der Waals surface area contributed by atoms with Crippen LogP contribution in [0.15, 0.2) is 0 Å². The molecule has 0 saturated carbocycles. The maximum atomic E-state index is 10.3. The lowest BCUT2D eigenvalue weighted by atomic mass is 9.91. The number of nitrogens with zero attached hydrogens (tertiary/aromatic N) is 1. The Labute approximate surface area is 97.2 Å². The summed E-state index contributed by atoms with van der Waals surface area (Å²) in [6, 6.07) is -0.0623. The quantitative estimate of drug-likeness (QED) is 0.629. The lowest BCUT2D eigenvalue weighted by molar-refractivity contribution is -0.906. The van der Waals surface area contributed by atoms with Crippen molar-refractivity contribution in [1.29, 1.82) is 0 Å². The van der Waals surface area contributed by atoms with Gasteiger partial charge in [0.25, 0.3) is 0 Å². The first-order chi connectivity index (χ1) is 7.32. The summed E-state index contributed by atoms with van der Waals surface area (Å²) in [6.45, 7) is 1.79. The van der Waals surface area contributed by atoms with Gasteiger partial charge in [-0.25, -0.2) is 0 Å². The van der Waals surface area contributed by atoms with Crippen LogP contribution in [0.3, 0.4) is 0 Å². The number of hydrogen-bond donors (Lipinski definition) is 2. The topological polar surface area (TPSA) is 58.9 Å². The zero-order chi connectivity index (χ0) is 12.5. The van der Waals surface area contributed by atoms with Crippen LogP contribution in [0.4, 0.5) is 0 Å². The van der Waals surface area contributed by atoms with E-state index in [4.69, 9.17) is 9.47 Å². The lowest BCUT2D eigenvalue weighted by Gasteiger charge is -2.48. The Balaban J connectivity index is 2.90. The third-order valence-electron chi connectivity index (χ3n) is 3.27. The van der Waals surface area contributed by atoms with Crippen LogP contribution in [0.25, 0.3) is 0 Å². The van der Waals surface area contributed by atoms with Crippen molar-refractivity contribution in [1.82, 2.24) is 0 Å². The summed E-state index contributed by atoms with van der Waals surface area (Å²) in [6.07, 6.45) is -1.66. The van der Waals surface area contributed by atoms with E-state index in [9.17, 15) is 10.2 Å². The fraction of sp³-hybridized carbons (Fsp3) is 1.00. The van der Waals surface area contributed by atoms with Crippen molar-refractivity contribution in [2.24, 2.45) is 0 Å². The highest BCUT2D eigenvalue weighted by Gasteiger charge is 2.49. The number of aliphatic hydroxyl groups excluding tert-OH is 2. The van der Waals surface area contributed by atoms with Crippen LogP contribution in [-0.2, 0) is 9.47 Å². The summed E-state index contributed by atoms with van der Waals surface area (Å²) in [4.78, 5) is 0. The van der Waals surface area contributed by atoms with Gasteiger partial charge < -0.3 is 24.2 Å². The van der Waals surface area contributed by atoms with Gasteiger partial charge in [0.2, 0.25) is 0 Å². The molecule has 16 heavy (non-hydrogen) atoms. The molecule has 0 aromatic carbocycles. The molecule has 0 amide bonds. The molecule has 5 atom stereocenters. The van der Waals surface area contributed by atoms with Crippen molar-refractivity contribution in [2.45, 2.75) is 37.4 Å². The Kier molecular flexibility index (Phi) is 4.31. The van der Waals surface area contributed by atoms with Gasteiger partial charge in [-0.1, -0.05) is 0 Å². The van der Waals surface area contributed by atoms with E-state index in [0.717, 1.165) is 0 Å². The molecule has 1 aliphatic rings. The van der Waals surface area contributed by atoms with Gasteiger partial charge in [0, 0.05) is 7.11 Å². The molecule has 1 fully saturated rings. The SMILES string of the molecule is COC1C(CO)OC(C)C([N+](C)(C)C)C1O. The highest BCUT2D eigenvalue weighted by Crippen LogP contribution is 2.27. The number of ether oxygens (including phenoxy) is 2. The molecule has 0 aliphatic carbocycles. The third kappa shape index (κ3) is 2.55. The standard InChI is InChI=1S/C11H24NO4/c1-7-9(12(2,3)4)10(14)11(15-5)8(6-13)16-7/h7-11,13-14H,6H2,1-5H3/q+1. The van der Waals surface area contributed by atoms with Gasteiger partial charge in [0.1, 0.15) is 30.5 Å². The second-order valence-electron chi connectivity index (χ2n) is 5.36. The number of aliphatic hydroxyl groups is 2. The molecule has 1 aliphatic heterocycles. The molecule has 1 rings (SSSR count). The van der Waals surface area contributed by atoms with Crippen LogP contribution in [0, 0.1) is 0 Å². The summed E-state index contributed by atoms with van der Waals surface area (Å²) < 4.78 is 11.5. The minimum Gasteiger partial charge on any atom is -0.394 e. The van der Waals surface area contributed by atoms with Crippen LogP contribution >= 0.6 is 0 Å². The Bertz CT molecular complexity index is 229. The first-order valence-corrected chi connectivity index (χ1v) is 5.61. The predicted octanol–water partition coefficient (Wildman–Crippen LogP) is -0.783. The Morgan fingerprint density at radius 2 is 1.88 bits per heavy atom. The second kappa shape index (κ2) is 4.98. The molecule has 1 heterocycles. The lowest BCUT2D eigenvalue weighted by Crippen LogP contribution is -2.67. The van der Waals surface area contributed by atoms with E-state index in [0.29, 0.717) is 4.48 Å². The fourth-order valence-corrected chi connectivity index (χ4v) is 2.65. The first-order valence-electron chi connectivity index (χ1n) is 5.61. The van der Waals surface area contributed by atoms with Crippen LogP contribution in [0.2, 0.25) is 0 Å². The minimum atomic E-state index is -0.633. The van der Waals surface area contributed by atoms with Crippen molar-refractivity contribution < 1.29 is 24.2 Å².